The zero-order valence-corrected chi connectivity index (χ0v) is 9.66. The van der Waals surface area contributed by atoms with Crippen molar-refractivity contribution >= 4 is 5.91 Å². The number of hydrogen-bond donors (Lipinski definition) is 2. The summed E-state index contributed by atoms with van der Waals surface area (Å²) in [5.41, 5.74) is 2.49. The molecule has 0 saturated carbocycles. The third kappa shape index (κ3) is 3.67. The first-order valence-corrected chi connectivity index (χ1v) is 5.30. The number of rotatable bonds is 6. The maximum absolute atomic E-state index is 11.3. The van der Waals surface area contributed by atoms with Gasteiger partial charge in [-0.1, -0.05) is 13.8 Å². The SMILES string of the molecule is CC(C)CCOCc1occc1C(=O)NN. The molecule has 90 valence electrons. The van der Waals surface area contributed by atoms with Crippen LogP contribution in [0.3, 0.4) is 0 Å². The van der Waals surface area contributed by atoms with Crippen molar-refractivity contribution in [3.8, 4) is 0 Å². The number of hydrogen-bond acceptors (Lipinski definition) is 4. The van der Waals surface area contributed by atoms with Gasteiger partial charge in [0.15, 0.2) is 0 Å². The van der Waals surface area contributed by atoms with Gasteiger partial charge in [0.25, 0.3) is 5.91 Å². The fourth-order valence-corrected chi connectivity index (χ4v) is 1.22. The van der Waals surface area contributed by atoms with Crippen LogP contribution in [0.1, 0.15) is 36.4 Å². The summed E-state index contributed by atoms with van der Waals surface area (Å²) in [4.78, 5) is 11.3. The van der Waals surface area contributed by atoms with Gasteiger partial charge in [0, 0.05) is 6.61 Å². The zero-order valence-electron chi connectivity index (χ0n) is 9.66. The zero-order chi connectivity index (χ0) is 12.0. The summed E-state index contributed by atoms with van der Waals surface area (Å²) in [6.45, 7) is 5.21. The predicted molar refractivity (Wildman–Crippen MR) is 59.5 cm³/mol. The molecule has 1 aromatic rings. The summed E-state index contributed by atoms with van der Waals surface area (Å²) in [5, 5.41) is 0. The molecule has 0 spiro atoms. The summed E-state index contributed by atoms with van der Waals surface area (Å²) < 4.78 is 10.6. The Morgan fingerprint density at radius 3 is 3.00 bits per heavy atom. The molecule has 3 N–H and O–H groups in total. The van der Waals surface area contributed by atoms with E-state index in [1.54, 1.807) is 6.07 Å². The molecule has 1 aromatic heterocycles. The first kappa shape index (κ1) is 12.7. The number of hydrazine groups is 1. The number of amides is 1. The van der Waals surface area contributed by atoms with Crippen molar-refractivity contribution < 1.29 is 13.9 Å². The Hall–Kier alpha value is -1.33. The Kier molecular flexibility index (Phi) is 5.01. The molecule has 0 aromatic carbocycles. The summed E-state index contributed by atoms with van der Waals surface area (Å²) in [6, 6.07) is 1.57. The number of nitrogens with one attached hydrogen (secondary N) is 1. The van der Waals surface area contributed by atoms with Crippen LogP contribution in [0.15, 0.2) is 16.7 Å². The van der Waals surface area contributed by atoms with Crippen molar-refractivity contribution in [1.82, 2.24) is 5.43 Å². The lowest BCUT2D eigenvalue weighted by Crippen LogP contribution is -2.30. The molecule has 1 rings (SSSR count). The first-order valence-electron chi connectivity index (χ1n) is 5.30. The van der Waals surface area contributed by atoms with E-state index in [1.165, 1.54) is 6.26 Å². The minimum absolute atomic E-state index is 0.294. The van der Waals surface area contributed by atoms with Crippen LogP contribution in [0.4, 0.5) is 0 Å². The van der Waals surface area contributed by atoms with E-state index in [-0.39, 0.29) is 5.91 Å². The van der Waals surface area contributed by atoms with Crippen molar-refractivity contribution in [3.63, 3.8) is 0 Å². The fourth-order valence-electron chi connectivity index (χ4n) is 1.22. The predicted octanol–water partition coefficient (Wildman–Crippen LogP) is 1.45. The van der Waals surface area contributed by atoms with Crippen LogP contribution in [0.5, 0.6) is 0 Å². The van der Waals surface area contributed by atoms with Crippen molar-refractivity contribution in [2.75, 3.05) is 6.61 Å². The van der Waals surface area contributed by atoms with E-state index in [2.05, 4.69) is 19.3 Å². The molecule has 16 heavy (non-hydrogen) atoms. The monoisotopic (exact) mass is 226 g/mol. The van der Waals surface area contributed by atoms with Gasteiger partial charge >= 0.3 is 0 Å². The summed E-state index contributed by atoms with van der Waals surface area (Å²) in [7, 11) is 0. The Morgan fingerprint density at radius 2 is 2.38 bits per heavy atom. The topological polar surface area (TPSA) is 77.5 Å². The van der Waals surface area contributed by atoms with Gasteiger partial charge in [0.1, 0.15) is 12.4 Å². The third-order valence-corrected chi connectivity index (χ3v) is 2.19. The highest BCUT2D eigenvalue weighted by atomic mass is 16.5. The van der Waals surface area contributed by atoms with Gasteiger partial charge < -0.3 is 9.15 Å². The third-order valence-electron chi connectivity index (χ3n) is 2.19. The highest BCUT2D eigenvalue weighted by Crippen LogP contribution is 2.12. The fraction of sp³-hybridized carbons (Fsp3) is 0.545. The Morgan fingerprint density at radius 1 is 1.62 bits per heavy atom. The molecule has 0 fully saturated rings. The molecule has 0 atom stereocenters. The van der Waals surface area contributed by atoms with Crippen LogP contribution in [-0.4, -0.2) is 12.5 Å². The highest BCUT2D eigenvalue weighted by Gasteiger charge is 2.13. The molecule has 0 aliphatic rings. The lowest BCUT2D eigenvalue weighted by molar-refractivity contribution is 0.0891. The van der Waals surface area contributed by atoms with Gasteiger partial charge in [-0.15, -0.1) is 0 Å². The van der Waals surface area contributed by atoms with Crippen LogP contribution in [0.25, 0.3) is 0 Å². The maximum Gasteiger partial charge on any atom is 0.268 e. The van der Waals surface area contributed by atoms with Gasteiger partial charge in [-0.2, -0.15) is 0 Å². The lowest BCUT2D eigenvalue weighted by Gasteiger charge is -2.05. The van der Waals surface area contributed by atoms with Gasteiger partial charge in [0.05, 0.1) is 11.8 Å². The minimum Gasteiger partial charge on any atom is -0.466 e. The van der Waals surface area contributed by atoms with Crippen molar-refractivity contribution in [2.45, 2.75) is 26.9 Å². The number of carbonyl (C=O) groups is 1. The van der Waals surface area contributed by atoms with E-state index in [4.69, 9.17) is 15.0 Å². The summed E-state index contributed by atoms with van der Waals surface area (Å²) >= 11 is 0. The number of nitrogen functional groups attached to an aromatic ring is 1. The summed E-state index contributed by atoms with van der Waals surface area (Å²) in [6.07, 6.45) is 2.44. The van der Waals surface area contributed by atoms with Gasteiger partial charge in [-0.25, -0.2) is 5.84 Å². The van der Waals surface area contributed by atoms with E-state index < -0.39 is 0 Å². The number of ether oxygens (including phenoxy) is 1. The molecule has 0 aliphatic carbocycles. The molecule has 0 aliphatic heterocycles. The molecular weight excluding hydrogens is 208 g/mol. The molecule has 0 saturated heterocycles. The second-order valence-electron chi connectivity index (χ2n) is 3.97. The van der Waals surface area contributed by atoms with Crippen LogP contribution in [-0.2, 0) is 11.3 Å². The largest absolute Gasteiger partial charge is 0.466 e. The smallest absolute Gasteiger partial charge is 0.268 e. The van der Waals surface area contributed by atoms with Crippen LogP contribution < -0.4 is 11.3 Å². The van der Waals surface area contributed by atoms with Crippen LogP contribution in [0.2, 0.25) is 0 Å². The standard InChI is InChI=1S/C11H18N2O3/c1-8(2)3-5-15-7-10-9(4-6-16-10)11(14)13-12/h4,6,8H,3,5,7,12H2,1-2H3,(H,13,14). The molecule has 1 heterocycles. The normalized spacial score (nSPS) is 10.8. The van der Waals surface area contributed by atoms with E-state index in [0.717, 1.165) is 6.42 Å². The second-order valence-corrected chi connectivity index (χ2v) is 3.97. The van der Waals surface area contributed by atoms with E-state index in [9.17, 15) is 4.79 Å². The molecule has 0 unspecified atom stereocenters. The molecule has 0 bridgehead atoms. The number of carbonyl (C=O) groups excluding carboxylic acids is 1. The van der Waals surface area contributed by atoms with Crippen molar-refractivity contribution in [2.24, 2.45) is 11.8 Å². The Labute approximate surface area is 94.9 Å². The second kappa shape index (κ2) is 6.30. The molecule has 5 nitrogen and oxygen atoms in total. The van der Waals surface area contributed by atoms with Crippen molar-refractivity contribution in [1.29, 1.82) is 0 Å². The Bertz CT molecular complexity index is 334. The quantitative estimate of drug-likeness (QED) is 0.333. The first-order chi connectivity index (χ1) is 7.65. The molecule has 0 radical (unpaired) electrons. The highest BCUT2D eigenvalue weighted by molar-refractivity contribution is 5.94. The van der Waals surface area contributed by atoms with Gasteiger partial charge in [-0.3, -0.25) is 10.2 Å². The van der Waals surface area contributed by atoms with Gasteiger partial charge in [-0.05, 0) is 18.4 Å². The van der Waals surface area contributed by atoms with Crippen LogP contribution >= 0.6 is 0 Å². The van der Waals surface area contributed by atoms with Gasteiger partial charge in [0.2, 0.25) is 0 Å². The lowest BCUT2D eigenvalue weighted by atomic mass is 10.1. The average molecular weight is 226 g/mol. The Balaban J connectivity index is 2.42. The van der Waals surface area contributed by atoms with E-state index >= 15 is 0 Å². The molecular formula is C11H18N2O3. The van der Waals surface area contributed by atoms with Crippen molar-refractivity contribution in [3.05, 3.63) is 23.7 Å². The number of nitrogens with two attached hydrogens (primary N) is 1. The molecule has 1 amide bonds. The van der Waals surface area contributed by atoms with E-state index in [0.29, 0.717) is 30.5 Å². The van der Waals surface area contributed by atoms with E-state index in [1.807, 2.05) is 0 Å². The maximum atomic E-state index is 11.3. The average Bonchev–Trinajstić information content (AvgIpc) is 2.71. The minimum atomic E-state index is -0.365. The summed E-state index contributed by atoms with van der Waals surface area (Å²) in [5.74, 6) is 5.79. The van der Waals surface area contributed by atoms with Crippen LogP contribution in [0, 0.1) is 5.92 Å². The number of furan rings is 1. The molecule has 5 heteroatoms.